The highest BCUT2D eigenvalue weighted by molar-refractivity contribution is 7.92. The van der Waals surface area contributed by atoms with Gasteiger partial charge in [0.25, 0.3) is 21.5 Å². The van der Waals surface area contributed by atoms with Crippen molar-refractivity contribution in [2.75, 3.05) is 17.8 Å². The Balaban J connectivity index is 1.48. The smallest absolute Gasteiger partial charge is 0.262 e. The number of nitrogens with one attached hydrogen (secondary N) is 1. The second-order valence-electron chi connectivity index (χ2n) is 8.66. The van der Waals surface area contributed by atoms with E-state index in [9.17, 15) is 26.8 Å². The number of hydrogen-bond acceptors (Lipinski definition) is 4. The Hall–Kier alpha value is -3.53. The molecule has 3 aromatic rings. The number of benzene rings is 2. The number of carbonyl (C=O) groups is 1. The number of halogens is 2. The lowest BCUT2D eigenvalue weighted by Crippen LogP contribution is -2.49. The lowest BCUT2D eigenvalue weighted by Gasteiger charge is -2.43. The molecule has 0 spiro atoms. The van der Waals surface area contributed by atoms with Crippen molar-refractivity contribution in [3.05, 3.63) is 93.9 Å². The zero-order valence-corrected chi connectivity index (χ0v) is 18.8. The standard InChI is InChI=1S/C24H21F2N3O4S/c25-18-6-4-16(5-7-18)24(31)28-12-15-10-17(14-28)23-21(8-9-22(30)29(23)13-15)27-34(32,33)20-3-1-2-19(26)11-20/h1-9,11,15,17,27H,10,12-14H2/t15-,17-/m0/s1. The quantitative estimate of drug-likeness (QED) is 0.615. The lowest BCUT2D eigenvalue weighted by molar-refractivity contribution is 0.0595. The molecule has 10 heteroatoms. The summed E-state index contributed by atoms with van der Waals surface area (Å²) in [7, 11) is -4.11. The van der Waals surface area contributed by atoms with Crippen molar-refractivity contribution in [3.8, 4) is 0 Å². The molecule has 5 rings (SSSR count). The van der Waals surface area contributed by atoms with Gasteiger partial charge in [-0.05, 0) is 60.9 Å². The van der Waals surface area contributed by atoms with E-state index < -0.39 is 21.7 Å². The van der Waals surface area contributed by atoms with Crippen LogP contribution in [-0.2, 0) is 16.6 Å². The molecule has 0 aliphatic carbocycles. The molecule has 0 saturated carbocycles. The molecule has 1 aromatic heterocycles. The molecule has 7 nitrogen and oxygen atoms in total. The van der Waals surface area contributed by atoms with Crippen LogP contribution in [0.5, 0.6) is 0 Å². The maximum Gasteiger partial charge on any atom is 0.262 e. The fourth-order valence-corrected chi connectivity index (χ4v) is 5.99. The summed E-state index contributed by atoms with van der Waals surface area (Å²) < 4.78 is 56.8. The molecular formula is C24H21F2N3O4S. The van der Waals surface area contributed by atoms with E-state index in [2.05, 4.69) is 4.72 Å². The van der Waals surface area contributed by atoms with Crippen molar-refractivity contribution in [1.29, 1.82) is 0 Å². The van der Waals surface area contributed by atoms with E-state index in [-0.39, 0.29) is 40.4 Å². The van der Waals surface area contributed by atoms with Crippen LogP contribution in [0.4, 0.5) is 14.5 Å². The molecule has 1 amide bonds. The first-order valence-electron chi connectivity index (χ1n) is 10.8. The normalized spacial score (nSPS) is 19.4. The van der Waals surface area contributed by atoms with Gasteiger partial charge in [0.1, 0.15) is 11.6 Å². The minimum Gasteiger partial charge on any atom is -0.338 e. The number of aromatic nitrogens is 1. The molecule has 176 valence electrons. The Kier molecular flexibility index (Phi) is 5.47. The number of hydrogen-bond donors (Lipinski definition) is 1. The van der Waals surface area contributed by atoms with Crippen molar-refractivity contribution in [1.82, 2.24) is 9.47 Å². The lowest BCUT2D eigenvalue weighted by atomic mass is 9.82. The fraction of sp³-hybridized carbons (Fsp3) is 0.250. The van der Waals surface area contributed by atoms with Gasteiger partial charge in [0.05, 0.1) is 16.3 Å². The number of sulfonamides is 1. The van der Waals surface area contributed by atoms with Crippen molar-refractivity contribution in [2.24, 2.45) is 5.92 Å². The molecule has 2 aliphatic heterocycles. The summed E-state index contributed by atoms with van der Waals surface area (Å²) in [5.41, 5.74) is 0.833. The summed E-state index contributed by atoms with van der Waals surface area (Å²) in [5.74, 6) is -1.63. The third-order valence-electron chi connectivity index (χ3n) is 6.32. The predicted molar refractivity (Wildman–Crippen MR) is 121 cm³/mol. The van der Waals surface area contributed by atoms with Crippen LogP contribution in [0.15, 0.2) is 70.4 Å². The first-order chi connectivity index (χ1) is 16.2. The van der Waals surface area contributed by atoms with Crippen LogP contribution in [0.25, 0.3) is 0 Å². The molecule has 1 N–H and O–H groups in total. The van der Waals surface area contributed by atoms with E-state index >= 15 is 0 Å². The van der Waals surface area contributed by atoms with Crippen LogP contribution < -0.4 is 10.3 Å². The van der Waals surface area contributed by atoms with E-state index in [0.29, 0.717) is 30.8 Å². The highest BCUT2D eigenvalue weighted by Gasteiger charge is 2.38. The SMILES string of the molecule is O=C(c1ccc(F)cc1)N1C[C@@H]2C[C@@H](C1)c1c(NS(=O)(=O)c3cccc(F)c3)ccc(=O)n1C2. The summed E-state index contributed by atoms with van der Waals surface area (Å²) in [4.78, 5) is 27.1. The van der Waals surface area contributed by atoms with Gasteiger partial charge in [-0.2, -0.15) is 0 Å². The van der Waals surface area contributed by atoms with E-state index in [1.165, 1.54) is 48.5 Å². The van der Waals surface area contributed by atoms with Gasteiger partial charge in [-0.15, -0.1) is 0 Å². The van der Waals surface area contributed by atoms with Gasteiger partial charge in [0.15, 0.2) is 0 Å². The number of amides is 1. The van der Waals surface area contributed by atoms with E-state index in [0.717, 1.165) is 12.1 Å². The minimum atomic E-state index is -4.11. The maximum absolute atomic E-state index is 13.6. The third kappa shape index (κ3) is 4.09. The van der Waals surface area contributed by atoms with Gasteiger partial charge >= 0.3 is 0 Å². The number of fused-ring (bicyclic) bond motifs is 4. The predicted octanol–water partition coefficient (Wildman–Crippen LogP) is 3.19. The maximum atomic E-state index is 13.6. The number of anilines is 1. The molecule has 0 radical (unpaired) electrons. The Morgan fingerprint density at radius 1 is 0.941 bits per heavy atom. The zero-order valence-electron chi connectivity index (χ0n) is 17.9. The average molecular weight is 486 g/mol. The van der Waals surface area contributed by atoms with Crippen LogP contribution in [-0.4, -0.2) is 36.9 Å². The van der Waals surface area contributed by atoms with E-state index in [1.54, 1.807) is 9.47 Å². The van der Waals surface area contributed by atoms with E-state index in [1.807, 2.05) is 0 Å². The fourth-order valence-electron chi connectivity index (χ4n) is 4.88. The number of likely N-dealkylation sites (tertiary alicyclic amines) is 1. The monoisotopic (exact) mass is 485 g/mol. The number of nitrogens with zero attached hydrogens (tertiary/aromatic N) is 2. The summed E-state index contributed by atoms with van der Waals surface area (Å²) in [6, 6.07) is 12.7. The second-order valence-corrected chi connectivity index (χ2v) is 10.3. The van der Waals surface area contributed by atoms with Crippen LogP contribution in [0.2, 0.25) is 0 Å². The van der Waals surface area contributed by atoms with Crippen molar-refractivity contribution >= 4 is 21.6 Å². The van der Waals surface area contributed by atoms with Crippen molar-refractivity contribution < 1.29 is 22.0 Å². The first-order valence-corrected chi connectivity index (χ1v) is 12.3. The van der Waals surface area contributed by atoms with Crippen LogP contribution in [0.1, 0.15) is 28.4 Å². The largest absolute Gasteiger partial charge is 0.338 e. The number of rotatable bonds is 4. The average Bonchev–Trinajstić information content (AvgIpc) is 2.80. The first kappa shape index (κ1) is 22.3. The second kappa shape index (κ2) is 8.35. The Morgan fingerprint density at radius 2 is 1.71 bits per heavy atom. The van der Waals surface area contributed by atoms with Gasteiger partial charge in [-0.25, -0.2) is 17.2 Å². The number of pyridine rings is 1. The van der Waals surface area contributed by atoms with Gasteiger partial charge < -0.3 is 9.47 Å². The van der Waals surface area contributed by atoms with Gasteiger partial charge in [-0.3, -0.25) is 14.3 Å². The number of carbonyl (C=O) groups excluding carboxylic acids is 1. The molecule has 34 heavy (non-hydrogen) atoms. The highest BCUT2D eigenvalue weighted by Crippen LogP contribution is 2.39. The molecule has 2 bridgehead atoms. The molecule has 1 fully saturated rings. The molecule has 2 aromatic carbocycles. The molecular weight excluding hydrogens is 464 g/mol. The summed E-state index contributed by atoms with van der Waals surface area (Å²) in [6.07, 6.45) is 0.686. The topological polar surface area (TPSA) is 88.5 Å². The zero-order chi connectivity index (χ0) is 24.0. The molecule has 1 saturated heterocycles. The molecule has 0 unspecified atom stereocenters. The summed E-state index contributed by atoms with van der Waals surface area (Å²) in [5, 5.41) is 0. The summed E-state index contributed by atoms with van der Waals surface area (Å²) in [6.45, 7) is 1.07. The third-order valence-corrected chi connectivity index (χ3v) is 7.68. The Bertz CT molecular complexity index is 1440. The Morgan fingerprint density at radius 3 is 2.44 bits per heavy atom. The molecule has 2 aliphatic rings. The molecule has 2 atom stereocenters. The van der Waals surface area contributed by atoms with Crippen LogP contribution in [0.3, 0.4) is 0 Å². The minimum absolute atomic E-state index is 0.0171. The summed E-state index contributed by atoms with van der Waals surface area (Å²) >= 11 is 0. The van der Waals surface area contributed by atoms with Crippen molar-refractivity contribution in [3.63, 3.8) is 0 Å². The molecule has 3 heterocycles. The van der Waals surface area contributed by atoms with E-state index in [4.69, 9.17) is 0 Å². The van der Waals surface area contributed by atoms with Gasteiger partial charge in [0, 0.05) is 37.2 Å². The van der Waals surface area contributed by atoms with Crippen LogP contribution in [0, 0.1) is 17.6 Å². The van der Waals surface area contributed by atoms with Crippen LogP contribution >= 0.6 is 0 Å². The van der Waals surface area contributed by atoms with Gasteiger partial charge in [0.2, 0.25) is 0 Å². The highest BCUT2D eigenvalue weighted by atomic mass is 32.2. The van der Waals surface area contributed by atoms with Crippen molar-refractivity contribution in [2.45, 2.75) is 23.8 Å². The van der Waals surface area contributed by atoms with Gasteiger partial charge in [-0.1, -0.05) is 6.07 Å². The number of piperidine rings is 1. The Labute approximate surface area is 194 Å².